The Morgan fingerprint density at radius 1 is 1.35 bits per heavy atom. The van der Waals surface area contributed by atoms with Crippen LogP contribution in [0.3, 0.4) is 0 Å². The maximum absolute atomic E-state index is 12.0. The van der Waals surface area contributed by atoms with Gasteiger partial charge in [0.05, 0.1) is 5.69 Å². The molecule has 1 aromatic rings. The Balaban J connectivity index is 2.05. The van der Waals surface area contributed by atoms with Crippen molar-refractivity contribution in [3.63, 3.8) is 0 Å². The van der Waals surface area contributed by atoms with E-state index in [1.165, 1.54) is 6.42 Å². The van der Waals surface area contributed by atoms with Gasteiger partial charge in [-0.2, -0.15) is 0 Å². The molecule has 1 N–H and O–H groups in total. The molecule has 1 unspecified atom stereocenters. The van der Waals surface area contributed by atoms with Gasteiger partial charge < -0.3 is 10.2 Å². The SMILES string of the molecule is O=C1Nc2ccc(Cl)nc2N2CCCCCC12. The van der Waals surface area contributed by atoms with Crippen LogP contribution in [0.15, 0.2) is 12.1 Å². The smallest absolute Gasteiger partial charge is 0.247 e. The standard InChI is InChI=1S/C12H14ClN3O/c13-10-6-5-8-11(15-10)16-7-3-1-2-4-9(16)12(17)14-8/h5-6,9H,1-4,7H2,(H,14,17). The third kappa shape index (κ3) is 1.86. The van der Waals surface area contributed by atoms with E-state index in [1.807, 2.05) is 6.07 Å². The zero-order valence-corrected chi connectivity index (χ0v) is 10.2. The van der Waals surface area contributed by atoms with Crippen molar-refractivity contribution in [1.29, 1.82) is 0 Å². The molecule has 3 heterocycles. The number of fused-ring (bicyclic) bond motifs is 3. The predicted molar refractivity (Wildman–Crippen MR) is 67.5 cm³/mol. The van der Waals surface area contributed by atoms with E-state index in [0.717, 1.165) is 37.3 Å². The van der Waals surface area contributed by atoms with Crippen molar-refractivity contribution in [3.8, 4) is 0 Å². The Kier molecular flexibility index (Phi) is 2.67. The molecule has 4 nitrogen and oxygen atoms in total. The summed E-state index contributed by atoms with van der Waals surface area (Å²) in [6.07, 6.45) is 4.29. The van der Waals surface area contributed by atoms with Crippen LogP contribution in [0.5, 0.6) is 0 Å². The number of aromatic nitrogens is 1. The summed E-state index contributed by atoms with van der Waals surface area (Å²) in [5, 5.41) is 3.39. The number of anilines is 2. The molecule has 17 heavy (non-hydrogen) atoms. The van der Waals surface area contributed by atoms with Gasteiger partial charge in [0.2, 0.25) is 5.91 Å². The molecule has 0 aromatic carbocycles. The van der Waals surface area contributed by atoms with E-state index in [-0.39, 0.29) is 11.9 Å². The normalized spacial score (nSPS) is 23.5. The number of hydrogen-bond acceptors (Lipinski definition) is 3. The maximum atomic E-state index is 12.0. The van der Waals surface area contributed by atoms with Crippen LogP contribution in [0.1, 0.15) is 25.7 Å². The van der Waals surface area contributed by atoms with Gasteiger partial charge in [0.1, 0.15) is 11.2 Å². The van der Waals surface area contributed by atoms with Gasteiger partial charge in [-0.3, -0.25) is 4.79 Å². The van der Waals surface area contributed by atoms with Crippen molar-refractivity contribution in [3.05, 3.63) is 17.3 Å². The first-order valence-electron chi connectivity index (χ1n) is 6.00. The number of rotatable bonds is 0. The molecule has 0 radical (unpaired) electrons. The molecule has 90 valence electrons. The minimum Gasteiger partial charge on any atom is -0.343 e. The minimum atomic E-state index is -0.0732. The Hall–Kier alpha value is -1.29. The third-order valence-corrected chi connectivity index (χ3v) is 3.64. The van der Waals surface area contributed by atoms with Crippen molar-refractivity contribution in [1.82, 2.24) is 4.98 Å². The van der Waals surface area contributed by atoms with Crippen LogP contribution in [-0.4, -0.2) is 23.5 Å². The molecule has 0 spiro atoms. The van der Waals surface area contributed by atoms with Gasteiger partial charge in [-0.15, -0.1) is 0 Å². The monoisotopic (exact) mass is 251 g/mol. The topological polar surface area (TPSA) is 45.2 Å². The lowest BCUT2D eigenvalue weighted by molar-refractivity contribution is -0.117. The Labute approximate surface area is 105 Å². The summed E-state index contributed by atoms with van der Waals surface area (Å²) in [6, 6.07) is 3.46. The second-order valence-electron chi connectivity index (χ2n) is 4.55. The van der Waals surface area contributed by atoms with Gasteiger partial charge in [-0.25, -0.2) is 4.98 Å². The maximum Gasteiger partial charge on any atom is 0.247 e. The van der Waals surface area contributed by atoms with Crippen molar-refractivity contribution in [2.75, 3.05) is 16.8 Å². The van der Waals surface area contributed by atoms with Crippen molar-refractivity contribution < 1.29 is 4.79 Å². The average Bonchev–Trinajstić information content (AvgIpc) is 2.56. The lowest BCUT2D eigenvalue weighted by Gasteiger charge is -2.35. The fourth-order valence-electron chi connectivity index (χ4n) is 2.59. The molecule has 1 fully saturated rings. The highest BCUT2D eigenvalue weighted by Gasteiger charge is 2.34. The number of carbonyl (C=O) groups is 1. The summed E-state index contributed by atoms with van der Waals surface area (Å²) < 4.78 is 0. The van der Waals surface area contributed by atoms with Gasteiger partial charge in [0.25, 0.3) is 0 Å². The summed E-state index contributed by atoms with van der Waals surface area (Å²) in [5.41, 5.74) is 0.776. The van der Waals surface area contributed by atoms with Crippen LogP contribution in [0.4, 0.5) is 11.5 Å². The van der Waals surface area contributed by atoms with E-state index >= 15 is 0 Å². The quantitative estimate of drug-likeness (QED) is 0.721. The lowest BCUT2D eigenvalue weighted by Crippen LogP contribution is -2.48. The highest BCUT2D eigenvalue weighted by Crippen LogP contribution is 2.34. The highest BCUT2D eigenvalue weighted by molar-refractivity contribution is 6.29. The van der Waals surface area contributed by atoms with Crippen molar-refractivity contribution >= 4 is 29.0 Å². The van der Waals surface area contributed by atoms with Crippen LogP contribution in [0.2, 0.25) is 5.15 Å². The molecule has 0 saturated carbocycles. The third-order valence-electron chi connectivity index (χ3n) is 3.43. The zero-order valence-electron chi connectivity index (χ0n) is 9.45. The van der Waals surface area contributed by atoms with E-state index in [4.69, 9.17) is 11.6 Å². The molecule has 2 aliphatic rings. The second kappa shape index (κ2) is 4.18. The van der Waals surface area contributed by atoms with Gasteiger partial charge in [0, 0.05) is 6.54 Å². The van der Waals surface area contributed by atoms with Crippen LogP contribution in [0.25, 0.3) is 0 Å². The van der Waals surface area contributed by atoms with Gasteiger partial charge in [-0.05, 0) is 25.0 Å². The molecule has 5 heteroatoms. The van der Waals surface area contributed by atoms with Gasteiger partial charge in [0.15, 0.2) is 5.82 Å². The molecular formula is C12H14ClN3O. The number of carbonyl (C=O) groups excluding carboxylic acids is 1. The summed E-state index contributed by atoms with van der Waals surface area (Å²) >= 11 is 5.93. The van der Waals surface area contributed by atoms with Crippen LogP contribution in [0, 0.1) is 0 Å². The number of nitrogens with zero attached hydrogens (tertiary/aromatic N) is 2. The summed E-state index contributed by atoms with van der Waals surface area (Å²) in [5.74, 6) is 0.910. The first-order valence-corrected chi connectivity index (χ1v) is 6.37. The summed E-state index contributed by atoms with van der Waals surface area (Å²) in [7, 11) is 0. The van der Waals surface area contributed by atoms with E-state index in [2.05, 4.69) is 15.2 Å². The summed E-state index contributed by atoms with van der Waals surface area (Å²) in [4.78, 5) is 18.5. The Bertz CT molecular complexity index is 463. The number of halogens is 1. The number of hydrogen-bond donors (Lipinski definition) is 1. The molecule has 1 saturated heterocycles. The Morgan fingerprint density at radius 2 is 2.24 bits per heavy atom. The van der Waals surface area contributed by atoms with Crippen LogP contribution in [-0.2, 0) is 4.79 Å². The molecule has 3 rings (SSSR count). The predicted octanol–water partition coefficient (Wildman–Crippen LogP) is 2.44. The molecular weight excluding hydrogens is 238 g/mol. The van der Waals surface area contributed by atoms with Gasteiger partial charge in [-0.1, -0.05) is 24.4 Å². The van der Waals surface area contributed by atoms with E-state index in [9.17, 15) is 4.79 Å². The van der Waals surface area contributed by atoms with E-state index in [0.29, 0.717) is 5.15 Å². The molecule has 0 bridgehead atoms. The minimum absolute atomic E-state index is 0.0732. The molecule has 1 atom stereocenters. The molecule has 0 aliphatic carbocycles. The van der Waals surface area contributed by atoms with E-state index < -0.39 is 0 Å². The first-order chi connectivity index (χ1) is 8.25. The molecule has 2 aliphatic heterocycles. The number of nitrogens with one attached hydrogen (secondary N) is 1. The fraction of sp³-hybridized carbons (Fsp3) is 0.500. The van der Waals surface area contributed by atoms with E-state index in [1.54, 1.807) is 6.07 Å². The van der Waals surface area contributed by atoms with Crippen molar-refractivity contribution in [2.24, 2.45) is 0 Å². The fourth-order valence-corrected chi connectivity index (χ4v) is 2.74. The Morgan fingerprint density at radius 3 is 3.12 bits per heavy atom. The zero-order chi connectivity index (χ0) is 11.8. The number of amides is 1. The molecule has 1 aromatic heterocycles. The second-order valence-corrected chi connectivity index (χ2v) is 4.94. The molecule has 1 amide bonds. The lowest BCUT2D eigenvalue weighted by atomic mass is 10.1. The van der Waals surface area contributed by atoms with Crippen LogP contribution < -0.4 is 10.2 Å². The van der Waals surface area contributed by atoms with Gasteiger partial charge >= 0.3 is 0 Å². The highest BCUT2D eigenvalue weighted by atomic mass is 35.5. The van der Waals surface area contributed by atoms with Crippen molar-refractivity contribution in [2.45, 2.75) is 31.7 Å². The average molecular weight is 252 g/mol. The number of pyridine rings is 1. The largest absolute Gasteiger partial charge is 0.343 e. The van der Waals surface area contributed by atoms with Crippen LogP contribution >= 0.6 is 11.6 Å². The summed E-state index contributed by atoms with van der Waals surface area (Å²) in [6.45, 7) is 0.887. The first kappa shape index (κ1) is 10.8.